The maximum atomic E-state index is 13.6. The van der Waals surface area contributed by atoms with E-state index in [2.05, 4.69) is 30.5 Å². The lowest BCUT2D eigenvalue weighted by molar-refractivity contribution is 0.350. The zero-order valence-corrected chi connectivity index (χ0v) is 20.5. The number of hydrogen-bond donors (Lipinski definition) is 2. The zero-order valence-electron chi connectivity index (χ0n) is 17.6. The second-order valence-corrected chi connectivity index (χ2v) is 11.9. The van der Waals surface area contributed by atoms with Crippen molar-refractivity contribution in [2.75, 3.05) is 5.32 Å². The van der Waals surface area contributed by atoms with Crippen LogP contribution in [0.15, 0.2) is 48.8 Å². The molecule has 32 heavy (non-hydrogen) atoms. The van der Waals surface area contributed by atoms with Crippen LogP contribution in [0.2, 0.25) is 0 Å². The molecule has 1 aliphatic heterocycles. The predicted molar refractivity (Wildman–Crippen MR) is 131 cm³/mol. The van der Waals surface area contributed by atoms with Gasteiger partial charge in [0, 0.05) is 10.1 Å². The first-order valence-corrected chi connectivity index (χ1v) is 12.5. The normalized spacial score (nSPS) is 15.7. The number of pyridine rings is 1. The van der Waals surface area contributed by atoms with E-state index in [0.29, 0.717) is 40.7 Å². The number of halogens is 1. The van der Waals surface area contributed by atoms with Crippen LogP contribution in [0.5, 0.6) is 5.75 Å². The molecule has 1 aromatic carbocycles. The fraction of sp³-hybridized carbons (Fsp3) is 0.273. The van der Waals surface area contributed by atoms with Gasteiger partial charge in [0.25, 0.3) is 15.6 Å². The van der Waals surface area contributed by atoms with Gasteiger partial charge in [-0.1, -0.05) is 20.8 Å². The van der Waals surface area contributed by atoms with E-state index in [0.717, 1.165) is 3.57 Å². The third-order valence-electron chi connectivity index (χ3n) is 5.53. The maximum absolute atomic E-state index is 13.6. The number of anilines is 1. The van der Waals surface area contributed by atoms with Gasteiger partial charge in [-0.2, -0.15) is 8.42 Å². The van der Waals surface area contributed by atoms with E-state index in [1.165, 1.54) is 6.07 Å². The highest BCUT2D eigenvalue weighted by Gasteiger charge is 2.32. The molecule has 4 aromatic rings. The highest BCUT2D eigenvalue weighted by atomic mass is 127. The largest absolute Gasteiger partial charge is 0.506 e. The number of amidine groups is 1. The third-order valence-corrected chi connectivity index (χ3v) is 7.52. The Balaban J connectivity index is 1.77. The first-order chi connectivity index (χ1) is 15.0. The summed E-state index contributed by atoms with van der Waals surface area (Å²) in [5.74, 6) is -0.548. The second kappa shape index (κ2) is 6.95. The minimum Gasteiger partial charge on any atom is -0.506 e. The third kappa shape index (κ3) is 3.27. The highest BCUT2D eigenvalue weighted by molar-refractivity contribution is 14.1. The van der Waals surface area contributed by atoms with E-state index in [9.17, 15) is 18.3 Å². The Hall–Kier alpha value is -2.60. The molecule has 166 valence electrons. The molecule has 2 bridgehead atoms. The van der Waals surface area contributed by atoms with Crippen LogP contribution in [0.3, 0.4) is 0 Å². The molecular formula is C22H20IN3O5S. The smallest absolute Gasteiger partial charge is 0.286 e. The number of sulfonamides is 1. The Morgan fingerprint density at radius 2 is 1.91 bits per heavy atom. The Bertz CT molecular complexity index is 1590. The lowest BCUT2D eigenvalue weighted by Gasteiger charge is -2.22. The molecule has 1 aliphatic rings. The van der Waals surface area contributed by atoms with Crippen molar-refractivity contribution >= 4 is 66.2 Å². The van der Waals surface area contributed by atoms with Gasteiger partial charge in [-0.15, -0.1) is 4.40 Å². The zero-order chi connectivity index (χ0) is 23.0. The summed E-state index contributed by atoms with van der Waals surface area (Å²) >= 11 is 2.02. The van der Waals surface area contributed by atoms with Crippen LogP contribution in [0.1, 0.15) is 32.8 Å². The van der Waals surface area contributed by atoms with Crippen molar-refractivity contribution in [2.24, 2.45) is 9.81 Å². The van der Waals surface area contributed by atoms with Gasteiger partial charge >= 0.3 is 0 Å². The molecule has 0 saturated heterocycles. The molecule has 0 radical (unpaired) electrons. The van der Waals surface area contributed by atoms with Crippen molar-refractivity contribution in [2.45, 2.75) is 38.6 Å². The van der Waals surface area contributed by atoms with Crippen LogP contribution in [0.4, 0.5) is 5.69 Å². The number of aromatic hydroxyl groups is 1. The molecule has 2 N–H and O–H groups in total. The molecule has 8 nitrogen and oxygen atoms in total. The molecule has 0 amide bonds. The number of fused-ring (bicyclic) bond motifs is 6. The van der Waals surface area contributed by atoms with Crippen molar-refractivity contribution in [3.8, 4) is 5.75 Å². The molecule has 3 aromatic heterocycles. The number of nitrogens with one attached hydrogen (secondary N) is 1. The number of rotatable bonds is 3. The molecule has 0 atom stereocenters. The van der Waals surface area contributed by atoms with Gasteiger partial charge in [0.05, 0.1) is 11.1 Å². The summed E-state index contributed by atoms with van der Waals surface area (Å²) < 4.78 is 37.6. The van der Waals surface area contributed by atoms with E-state index in [4.69, 9.17) is 4.42 Å². The molecule has 0 spiro atoms. The quantitative estimate of drug-likeness (QED) is 0.354. The van der Waals surface area contributed by atoms with Gasteiger partial charge in [0.1, 0.15) is 27.3 Å². The van der Waals surface area contributed by atoms with Crippen LogP contribution in [-0.2, 0) is 16.6 Å². The first kappa shape index (κ1) is 21.3. The standard InChI is InChI=1S/C22H20IN3O5S/c1-22(2,3)8-9-26-18-14-7-6-13(31-14)16(18)19(27)17(21(26)28)20-24-12-5-4-11(23)10-15(12)32(29,30)25-20/h4-7,10,27H,8-9H2,1-3H3,(H,24,25). The van der Waals surface area contributed by atoms with Crippen LogP contribution in [-0.4, -0.2) is 23.9 Å². The Kier molecular flexibility index (Phi) is 4.61. The van der Waals surface area contributed by atoms with Crippen molar-refractivity contribution < 1.29 is 17.9 Å². The van der Waals surface area contributed by atoms with Crippen LogP contribution in [0.25, 0.3) is 22.1 Å². The number of aromatic nitrogens is 1. The number of furan rings is 2. The summed E-state index contributed by atoms with van der Waals surface area (Å²) in [4.78, 5) is 13.6. The number of nitrogens with zero attached hydrogens (tertiary/aromatic N) is 2. The number of hydrogen-bond acceptors (Lipinski definition) is 6. The van der Waals surface area contributed by atoms with Gasteiger partial charge in [-0.05, 0) is 64.8 Å². The molecule has 5 rings (SSSR count). The van der Waals surface area contributed by atoms with E-state index < -0.39 is 15.6 Å². The van der Waals surface area contributed by atoms with Crippen LogP contribution in [0, 0.1) is 8.99 Å². The van der Waals surface area contributed by atoms with Gasteiger partial charge in [0.15, 0.2) is 11.4 Å². The number of benzene rings is 2. The van der Waals surface area contributed by atoms with Crippen LogP contribution < -0.4 is 10.9 Å². The summed E-state index contributed by atoms with van der Waals surface area (Å²) in [5, 5.41) is 14.4. The topological polar surface area (TPSA) is 114 Å². The van der Waals surface area contributed by atoms with E-state index >= 15 is 0 Å². The molecule has 0 saturated carbocycles. The summed E-state index contributed by atoms with van der Waals surface area (Å²) in [6.07, 6.45) is 0.690. The van der Waals surface area contributed by atoms with E-state index in [1.54, 1.807) is 28.8 Å². The first-order valence-electron chi connectivity index (χ1n) is 9.98. The molecule has 10 heteroatoms. The molecule has 4 heterocycles. The van der Waals surface area contributed by atoms with E-state index in [-0.39, 0.29) is 27.5 Å². The summed E-state index contributed by atoms with van der Waals surface area (Å²) in [7, 11) is -4.06. The molecule has 0 unspecified atom stereocenters. The molecule has 0 aliphatic carbocycles. The van der Waals surface area contributed by atoms with Gasteiger partial charge in [-0.3, -0.25) is 4.79 Å². The minimum absolute atomic E-state index is 0.0251. The summed E-state index contributed by atoms with van der Waals surface area (Å²) in [6, 6.07) is 8.34. The Labute approximate surface area is 197 Å². The second-order valence-electron chi connectivity index (χ2n) is 9.06. The average molecular weight is 565 g/mol. The maximum Gasteiger partial charge on any atom is 0.286 e. The fourth-order valence-electron chi connectivity index (χ4n) is 3.91. The van der Waals surface area contributed by atoms with Crippen molar-refractivity contribution in [3.05, 3.63) is 49.8 Å². The molecule has 0 fully saturated rings. The number of aryl methyl sites for hydroxylation is 1. The Morgan fingerprint density at radius 3 is 2.62 bits per heavy atom. The monoisotopic (exact) mass is 565 g/mol. The summed E-state index contributed by atoms with van der Waals surface area (Å²) in [6.45, 7) is 6.59. The minimum atomic E-state index is -4.06. The Morgan fingerprint density at radius 1 is 1.19 bits per heavy atom. The molecular weight excluding hydrogens is 545 g/mol. The van der Waals surface area contributed by atoms with Gasteiger partial charge in [0.2, 0.25) is 0 Å². The van der Waals surface area contributed by atoms with Gasteiger partial charge in [-0.25, -0.2) is 0 Å². The van der Waals surface area contributed by atoms with Crippen molar-refractivity contribution in [1.82, 2.24) is 4.57 Å². The van der Waals surface area contributed by atoms with Crippen molar-refractivity contribution in [3.63, 3.8) is 0 Å². The van der Waals surface area contributed by atoms with E-state index in [1.807, 2.05) is 22.6 Å². The van der Waals surface area contributed by atoms with Gasteiger partial charge < -0.3 is 19.4 Å². The SMILES string of the molecule is CC(C)(C)CCn1c(=O)c(C2=NS(=O)(=O)c3cc(I)ccc3N2)c(O)c2c3ccc(o3)c21. The lowest BCUT2D eigenvalue weighted by atomic mass is 9.92. The lowest BCUT2D eigenvalue weighted by Crippen LogP contribution is -2.33. The van der Waals surface area contributed by atoms with Crippen LogP contribution >= 0.6 is 22.6 Å². The predicted octanol–water partition coefficient (Wildman–Crippen LogP) is 4.49. The van der Waals surface area contributed by atoms with Crippen molar-refractivity contribution in [1.29, 1.82) is 0 Å². The fourth-order valence-corrected chi connectivity index (χ4v) is 5.76. The average Bonchev–Trinajstić information content (AvgIpc) is 3.29. The summed E-state index contributed by atoms with van der Waals surface area (Å²) in [5.41, 5.74) is 0.960. The highest BCUT2D eigenvalue weighted by Crippen LogP contribution is 2.39.